The van der Waals surface area contributed by atoms with E-state index in [-0.39, 0.29) is 17.9 Å². The van der Waals surface area contributed by atoms with Crippen LogP contribution in [0.2, 0.25) is 0 Å². The van der Waals surface area contributed by atoms with E-state index in [0.717, 1.165) is 12.2 Å². The summed E-state index contributed by atoms with van der Waals surface area (Å²) >= 11 is 0. The van der Waals surface area contributed by atoms with E-state index in [1.807, 2.05) is 17.0 Å². The molecule has 1 amide bonds. The van der Waals surface area contributed by atoms with Crippen molar-refractivity contribution in [3.63, 3.8) is 0 Å². The van der Waals surface area contributed by atoms with Crippen molar-refractivity contribution in [3.8, 4) is 5.75 Å². The summed E-state index contributed by atoms with van der Waals surface area (Å²) in [5.41, 5.74) is 0. The van der Waals surface area contributed by atoms with Gasteiger partial charge in [0, 0.05) is 12.8 Å². The first-order valence-corrected chi connectivity index (χ1v) is 6.26. The highest BCUT2D eigenvalue weighted by Gasteiger charge is 2.36. The van der Waals surface area contributed by atoms with Crippen molar-refractivity contribution in [3.05, 3.63) is 24.5 Å². The summed E-state index contributed by atoms with van der Waals surface area (Å²) in [4.78, 5) is 17.8. The number of hydrogen-bond acceptors (Lipinski definition) is 4. The molecule has 1 aromatic heterocycles. The smallest absolute Gasteiger partial charge is 0.228 e. The third-order valence-corrected chi connectivity index (χ3v) is 3.38. The van der Waals surface area contributed by atoms with Crippen molar-refractivity contribution in [1.82, 2.24) is 9.88 Å². The predicted molar refractivity (Wildman–Crippen MR) is 64.2 cm³/mol. The molecule has 0 radical (unpaired) electrons. The zero-order valence-corrected chi connectivity index (χ0v) is 10.1. The number of carbonyl (C=O) groups excluding carboxylic acids is 1. The maximum Gasteiger partial charge on any atom is 0.228 e. The molecule has 0 saturated carbocycles. The van der Waals surface area contributed by atoms with Crippen LogP contribution in [0, 0.1) is 5.92 Å². The Labute approximate surface area is 106 Å². The molecule has 5 nitrogen and oxygen atoms in total. The first kappa shape index (κ1) is 11.5. The van der Waals surface area contributed by atoms with Crippen LogP contribution in [0.15, 0.2) is 24.5 Å². The summed E-state index contributed by atoms with van der Waals surface area (Å²) in [5.74, 6) is 1.03. The summed E-state index contributed by atoms with van der Waals surface area (Å²) in [6, 6.07) is 3.72. The van der Waals surface area contributed by atoms with Crippen molar-refractivity contribution in [2.75, 3.05) is 26.3 Å². The molecule has 3 rings (SSSR count). The molecule has 1 atom stereocenters. The summed E-state index contributed by atoms with van der Waals surface area (Å²) < 4.78 is 10.9. The van der Waals surface area contributed by atoms with Crippen molar-refractivity contribution in [2.24, 2.45) is 5.92 Å². The minimum atomic E-state index is 0.0596. The lowest BCUT2D eigenvalue weighted by Crippen LogP contribution is -2.57. The van der Waals surface area contributed by atoms with E-state index >= 15 is 0 Å². The molecule has 0 bridgehead atoms. The number of nitrogens with zero attached hydrogens (tertiary/aromatic N) is 2. The lowest BCUT2D eigenvalue weighted by molar-refractivity contribution is -0.144. The van der Waals surface area contributed by atoms with Crippen LogP contribution in [0.1, 0.15) is 6.42 Å². The molecule has 3 heterocycles. The average Bonchev–Trinajstić information content (AvgIpc) is 2.87. The molecule has 0 aliphatic carbocycles. The second-order valence-electron chi connectivity index (χ2n) is 4.73. The third-order valence-electron chi connectivity index (χ3n) is 3.38. The molecule has 0 spiro atoms. The van der Waals surface area contributed by atoms with E-state index in [4.69, 9.17) is 9.47 Å². The van der Waals surface area contributed by atoms with Crippen LogP contribution in [0.4, 0.5) is 0 Å². The molecule has 0 unspecified atom stereocenters. The number of ether oxygens (including phenoxy) is 2. The van der Waals surface area contributed by atoms with E-state index in [2.05, 4.69) is 4.98 Å². The molecule has 2 aliphatic heterocycles. The number of carbonyl (C=O) groups is 1. The summed E-state index contributed by atoms with van der Waals surface area (Å²) in [5, 5.41) is 0. The summed E-state index contributed by atoms with van der Waals surface area (Å²) in [7, 11) is 0. The normalized spacial score (nSPS) is 23.8. The van der Waals surface area contributed by atoms with E-state index < -0.39 is 0 Å². The number of amides is 1. The minimum absolute atomic E-state index is 0.0596. The first-order valence-electron chi connectivity index (χ1n) is 6.26. The van der Waals surface area contributed by atoms with Gasteiger partial charge in [-0.1, -0.05) is 0 Å². The van der Waals surface area contributed by atoms with Gasteiger partial charge in [-0.2, -0.15) is 0 Å². The fraction of sp³-hybridized carbons (Fsp3) is 0.538. The van der Waals surface area contributed by atoms with Gasteiger partial charge in [0.05, 0.1) is 31.8 Å². The quantitative estimate of drug-likeness (QED) is 0.790. The third kappa shape index (κ3) is 2.31. The fourth-order valence-corrected chi connectivity index (χ4v) is 2.29. The minimum Gasteiger partial charge on any atom is -0.485 e. The standard InChI is InChI=1S/C13H16N2O3/c16-13(10-3-5-17-9-10)15-7-12(8-15)18-11-2-1-4-14-6-11/h1-2,4,6,10,12H,3,5,7-9H2/t10-/m1/s1. The fourth-order valence-electron chi connectivity index (χ4n) is 2.29. The SMILES string of the molecule is O=C([C@@H]1CCOC1)N1CC(Oc2cccnc2)C1. The van der Waals surface area contributed by atoms with Gasteiger partial charge in [0.1, 0.15) is 11.9 Å². The van der Waals surface area contributed by atoms with E-state index in [9.17, 15) is 4.79 Å². The summed E-state index contributed by atoms with van der Waals surface area (Å²) in [6.45, 7) is 2.62. The van der Waals surface area contributed by atoms with Gasteiger partial charge in [0.15, 0.2) is 0 Å². The van der Waals surface area contributed by atoms with Crippen LogP contribution in [0.25, 0.3) is 0 Å². The van der Waals surface area contributed by atoms with Crippen molar-refractivity contribution in [2.45, 2.75) is 12.5 Å². The number of hydrogen-bond donors (Lipinski definition) is 0. The topological polar surface area (TPSA) is 51.7 Å². The van der Waals surface area contributed by atoms with Gasteiger partial charge in [0.2, 0.25) is 5.91 Å². The highest BCUT2D eigenvalue weighted by molar-refractivity contribution is 5.80. The Bertz CT molecular complexity index is 412. The molecule has 0 N–H and O–H groups in total. The first-order chi connectivity index (χ1) is 8.83. The predicted octanol–water partition coefficient (Wildman–Crippen LogP) is 0.708. The highest BCUT2D eigenvalue weighted by Crippen LogP contribution is 2.22. The van der Waals surface area contributed by atoms with Crippen LogP contribution in [0.5, 0.6) is 5.75 Å². The van der Waals surface area contributed by atoms with Crippen LogP contribution in [-0.2, 0) is 9.53 Å². The van der Waals surface area contributed by atoms with E-state index in [1.165, 1.54) is 0 Å². The lowest BCUT2D eigenvalue weighted by Gasteiger charge is -2.40. The van der Waals surface area contributed by atoms with Gasteiger partial charge in [-0.3, -0.25) is 9.78 Å². The van der Waals surface area contributed by atoms with Crippen molar-refractivity contribution >= 4 is 5.91 Å². The number of aromatic nitrogens is 1. The van der Waals surface area contributed by atoms with Gasteiger partial charge >= 0.3 is 0 Å². The number of likely N-dealkylation sites (tertiary alicyclic amines) is 1. The summed E-state index contributed by atoms with van der Waals surface area (Å²) in [6.07, 6.45) is 4.35. The van der Waals surface area contributed by atoms with Gasteiger partial charge in [-0.15, -0.1) is 0 Å². The molecule has 18 heavy (non-hydrogen) atoms. The average molecular weight is 248 g/mol. The van der Waals surface area contributed by atoms with E-state index in [1.54, 1.807) is 12.4 Å². The Morgan fingerprint density at radius 3 is 3.06 bits per heavy atom. The Kier molecular flexibility index (Phi) is 3.15. The van der Waals surface area contributed by atoms with E-state index in [0.29, 0.717) is 26.3 Å². The molecule has 2 saturated heterocycles. The molecule has 2 aliphatic rings. The van der Waals surface area contributed by atoms with Crippen LogP contribution < -0.4 is 4.74 Å². The molecule has 0 aromatic carbocycles. The highest BCUT2D eigenvalue weighted by atomic mass is 16.5. The maximum atomic E-state index is 12.0. The molecule has 1 aromatic rings. The molecular formula is C13H16N2O3. The molecular weight excluding hydrogens is 232 g/mol. The number of pyridine rings is 1. The Balaban J connectivity index is 1.47. The van der Waals surface area contributed by atoms with Crippen LogP contribution >= 0.6 is 0 Å². The van der Waals surface area contributed by atoms with Crippen molar-refractivity contribution in [1.29, 1.82) is 0 Å². The number of rotatable bonds is 3. The second-order valence-corrected chi connectivity index (χ2v) is 4.73. The largest absolute Gasteiger partial charge is 0.485 e. The van der Waals surface area contributed by atoms with Crippen LogP contribution in [0.3, 0.4) is 0 Å². The molecule has 5 heteroatoms. The second kappa shape index (κ2) is 4.94. The zero-order valence-electron chi connectivity index (χ0n) is 10.1. The zero-order chi connectivity index (χ0) is 12.4. The van der Waals surface area contributed by atoms with Gasteiger partial charge in [-0.05, 0) is 18.6 Å². The van der Waals surface area contributed by atoms with Gasteiger partial charge in [-0.25, -0.2) is 0 Å². The monoisotopic (exact) mass is 248 g/mol. The van der Waals surface area contributed by atoms with Crippen LogP contribution in [-0.4, -0.2) is 48.2 Å². The maximum absolute atomic E-state index is 12.0. The Morgan fingerprint density at radius 2 is 2.39 bits per heavy atom. The molecule has 2 fully saturated rings. The Morgan fingerprint density at radius 1 is 1.50 bits per heavy atom. The van der Waals surface area contributed by atoms with Crippen molar-refractivity contribution < 1.29 is 14.3 Å². The molecule has 96 valence electrons. The van der Waals surface area contributed by atoms with Gasteiger partial charge < -0.3 is 14.4 Å². The lowest BCUT2D eigenvalue weighted by atomic mass is 10.0. The Hall–Kier alpha value is -1.62. The van der Waals surface area contributed by atoms with Gasteiger partial charge in [0.25, 0.3) is 0 Å².